The maximum Gasteiger partial charge on any atom is 0.228 e. The second-order valence-electron chi connectivity index (χ2n) is 3.20. The highest BCUT2D eigenvalue weighted by molar-refractivity contribution is 14.1. The first-order chi connectivity index (χ1) is 7.27. The van der Waals surface area contributed by atoms with Crippen LogP contribution in [0.3, 0.4) is 0 Å². The summed E-state index contributed by atoms with van der Waals surface area (Å²) < 4.78 is 6.53. The van der Waals surface area contributed by atoms with E-state index in [-0.39, 0.29) is 0 Å². The van der Waals surface area contributed by atoms with Crippen LogP contribution in [0.15, 0.2) is 34.9 Å². The van der Waals surface area contributed by atoms with E-state index in [0.717, 1.165) is 19.9 Å². The van der Waals surface area contributed by atoms with Crippen LogP contribution in [0.2, 0.25) is 5.02 Å². The van der Waals surface area contributed by atoms with E-state index in [0.29, 0.717) is 10.7 Å². The van der Waals surface area contributed by atoms with Crippen molar-refractivity contribution in [3.05, 3.63) is 39.1 Å². The third-order valence-electron chi connectivity index (χ3n) is 2.30. The molecule has 0 unspecified atom stereocenters. The molecule has 0 spiro atoms. The van der Waals surface area contributed by atoms with E-state index in [2.05, 4.69) is 27.6 Å². The van der Waals surface area contributed by atoms with E-state index < -0.39 is 0 Å². The molecular weight excluding hydrogens is 324 g/mol. The zero-order valence-electron chi connectivity index (χ0n) is 7.50. The van der Waals surface area contributed by atoms with E-state index >= 15 is 0 Å². The Hall–Kier alpha value is -0.810. The molecular formula is C11H5ClINO. The van der Waals surface area contributed by atoms with E-state index in [4.69, 9.17) is 16.0 Å². The zero-order chi connectivity index (χ0) is 10.4. The largest absolute Gasteiger partial charge is 0.438 e. The molecule has 0 saturated heterocycles. The van der Waals surface area contributed by atoms with E-state index in [1.54, 1.807) is 6.20 Å². The molecule has 0 aliphatic rings. The molecule has 0 amide bonds. The summed E-state index contributed by atoms with van der Waals surface area (Å²) in [5.41, 5.74) is 1.42. The molecule has 0 N–H and O–H groups in total. The number of hydrogen-bond acceptors (Lipinski definition) is 2. The second kappa shape index (κ2) is 3.35. The lowest BCUT2D eigenvalue weighted by molar-refractivity contribution is 0.654. The molecule has 1 aromatic carbocycles. The van der Waals surface area contributed by atoms with Crippen molar-refractivity contribution in [2.75, 3.05) is 0 Å². The summed E-state index contributed by atoms with van der Waals surface area (Å²) >= 11 is 8.41. The highest BCUT2D eigenvalue weighted by Gasteiger charge is 2.12. The molecule has 0 aliphatic carbocycles. The predicted octanol–water partition coefficient (Wildman–Crippen LogP) is 4.24. The Morgan fingerprint density at radius 1 is 1.27 bits per heavy atom. The average molecular weight is 330 g/mol. The fraction of sp³-hybridized carbons (Fsp3) is 0. The first kappa shape index (κ1) is 9.42. The van der Waals surface area contributed by atoms with Gasteiger partial charge in [-0.15, -0.1) is 0 Å². The number of furan rings is 1. The van der Waals surface area contributed by atoms with Gasteiger partial charge in [0.05, 0.1) is 14.0 Å². The molecule has 74 valence electrons. The predicted molar refractivity (Wildman–Crippen MR) is 69.2 cm³/mol. The van der Waals surface area contributed by atoms with Gasteiger partial charge in [0.2, 0.25) is 5.71 Å². The fourth-order valence-electron chi connectivity index (χ4n) is 1.63. The van der Waals surface area contributed by atoms with Gasteiger partial charge in [0.25, 0.3) is 0 Å². The van der Waals surface area contributed by atoms with Crippen LogP contribution in [0.25, 0.3) is 22.1 Å². The molecule has 2 aromatic heterocycles. The quantitative estimate of drug-likeness (QED) is 0.577. The number of pyridine rings is 1. The molecule has 3 aromatic rings. The molecule has 4 heteroatoms. The monoisotopic (exact) mass is 329 g/mol. The number of para-hydroxylation sites is 1. The molecule has 3 rings (SSSR count). The first-order valence-corrected chi connectivity index (χ1v) is 5.84. The summed E-state index contributed by atoms with van der Waals surface area (Å²) in [7, 11) is 0. The Kier molecular flexibility index (Phi) is 2.10. The topological polar surface area (TPSA) is 26.0 Å². The van der Waals surface area contributed by atoms with Gasteiger partial charge in [-0.25, -0.2) is 4.98 Å². The third-order valence-corrected chi connectivity index (χ3v) is 3.83. The average Bonchev–Trinajstić information content (AvgIpc) is 2.62. The van der Waals surface area contributed by atoms with Crippen LogP contribution in [-0.4, -0.2) is 4.98 Å². The van der Waals surface area contributed by atoms with Crippen LogP contribution in [0.1, 0.15) is 0 Å². The van der Waals surface area contributed by atoms with Crippen molar-refractivity contribution in [3.8, 4) is 0 Å². The standard InChI is InChI=1S/C11H5ClINO/c12-10-7(13)5-14-11-9(10)6-3-1-2-4-8(6)15-11/h1-5H. The van der Waals surface area contributed by atoms with Gasteiger partial charge in [-0.3, -0.25) is 0 Å². The first-order valence-electron chi connectivity index (χ1n) is 4.38. The maximum atomic E-state index is 6.24. The Balaban J connectivity index is 2.63. The van der Waals surface area contributed by atoms with Gasteiger partial charge in [-0.1, -0.05) is 29.8 Å². The second-order valence-corrected chi connectivity index (χ2v) is 4.74. The molecule has 0 radical (unpaired) electrons. The van der Waals surface area contributed by atoms with Gasteiger partial charge in [0.15, 0.2) is 0 Å². The lowest BCUT2D eigenvalue weighted by Gasteiger charge is -1.95. The Bertz CT molecular complexity index is 662. The van der Waals surface area contributed by atoms with Crippen molar-refractivity contribution >= 4 is 56.3 Å². The summed E-state index contributed by atoms with van der Waals surface area (Å²) in [6, 6.07) is 7.81. The summed E-state index contributed by atoms with van der Waals surface area (Å²) in [5, 5.41) is 2.63. The van der Waals surface area contributed by atoms with Crippen molar-refractivity contribution in [2.45, 2.75) is 0 Å². The molecule has 0 saturated carbocycles. The van der Waals surface area contributed by atoms with Gasteiger partial charge in [0, 0.05) is 11.6 Å². The minimum atomic E-state index is 0.599. The Morgan fingerprint density at radius 2 is 2.07 bits per heavy atom. The van der Waals surface area contributed by atoms with E-state index in [1.807, 2.05) is 24.3 Å². The smallest absolute Gasteiger partial charge is 0.228 e. The maximum absolute atomic E-state index is 6.24. The van der Waals surface area contributed by atoms with Crippen LogP contribution in [0.5, 0.6) is 0 Å². The number of aromatic nitrogens is 1. The van der Waals surface area contributed by atoms with Gasteiger partial charge in [-0.05, 0) is 28.7 Å². The lowest BCUT2D eigenvalue weighted by atomic mass is 10.2. The van der Waals surface area contributed by atoms with Gasteiger partial charge < -0.3 is 4.42 Å². The third kappa shape index (κ3) is 1.33. The Labute approximate surface area is 104 Å². The van der Waals surface area contributed by atoms with Crippen LogP contribution in [0, 0.1) is 3.57 Å². The molecule has 2 heterocycles. The number of benzene rings is 1. The van der Waals surface area contributed by atoms with E-state index in [1.165, 1.54) is 0 Å². The summed E-state index contributed by atoms with van der Waals surface area (Å²) in [6.45, 7) is 0. The van der Waals surface area contributed by atoms with Gasteiger partial charge >= 0.3 is 0 Å². The SMILES string of the molecule is Clc1c(I)cnc2oc3ccccc3c12. The highest BCUT2D eigenvalue weighted by atomic mass is 127. The van der Waals surface area contributed by atoms with Crippen LogP contribution >= 0.6 is 34.2 Å². The summed E-state index contributed by atoms with van der Waals surface area (Å²) in [6.07, 6.45) is 1.72. The van der Waals surface area contributed by atoms with Crippen LogP contribution in [0.4, 0.5) is 0 Å². The van der Waals surface area contributed by atoms with Crippen molar-refractivity contribution in [1.29, 1.82) is 0 Å². The van der Waals surface area contributed by atoms with Crippen molar-refractivity contribution < 1.29 is 4.42 Å². The van der Waals surface area contributed by atoms with Crippen molar-refractivity contribution in [3.63, 3.8) is 0 Å². The van der Waals surface area contributed by atoms with Crippen molar-refractivity contribution in [2.24, 2.45) is 0 Å². The fourth-order valence-corrected chi connectivity index (χ4v) is 2.27. The number of nitrogens with zero attached hydrogens (tertiary/aromatic N) is 1. The van der Waals surface area contributed by atoms with Gasteiger partial charge in [0.1, 0.15) is 5.58 Å². The molecule has 15 heavy (non-hydrogen) atoms. The van der Waals surface area contributed by atoms with Crippen LogP contribution in [-0.2, 0) is 0 Å². The lowest BCUT2D eigenvalue weighted by Crippen LogP contribution is -1.79. The molecule has 0 fully saturated rings. The minimum absolute atomic E-state index is 0.599. The Morgan fingerprint density at radius 3 is 2.93 bits per heavy atom. The number of fused-ring (bicyclic) bond motifs is 3. The number of halogens is 2. The molecule has 0 aliphatic heterocycles. The van der Waals surface area contributed by atoms with E-state index in [9.17, 15) is 0 Å². The molecule has 2 nitrogen and oxygen atoms in total. The summed E-state index contributed by atoms with van der Waals surface area (Å²) in [4.78, 5) is 4.22. The molecule has 0 bridgehead atoms. The van der Waals surface area contributed by atoms with Crippen LogP contribution < -0.4 is 0 Å². The van der Waals surface area contributed by atoms with Gasteiger partial charge in [-0.2, -0.15) is 0 Å². The molecule has 0 atom stereocenters. The number of rotatable bonds is 0. The zero-order valence-corrected chi connectivity index (χ0v) is 10.4. The minimum Gasteiger partial charge on any atom is -0.438 e. The number of hydrogen-bond donors (Lipinski definition) is 0. The summed E-state index contributed by atoms with van der Waals surface area (Å²) in [5.74, 6) is 0. The normalized spacial score (nSPS) is 11.3. The highest BCUT2D eigenvalue weighted by Crippen LogP contribution is 2.34. The van der Waals surface area contributed by atoms with Crippen molar-refractivity contribution in [1.82, 2.24) is 4.98 Å².